The van der Waals surface area contributed by atoms with Gasteiger partial charge in [0.05, 0.1) is 11.7 Å². The highest BCUT2D eigenvalue weighted by molar-refractivity contribution is 6.30. The number of carbonyl (C=O) groups excluding carboxylic acids is 2. The molecule has 2 saturated heterocycles. The number of nitrogens with one attached hydrogen (secondary N) is 1. The number of benzene rings is 3. The zero-order valence-electron chi connectivity index (χ0n) is 19.3. The molecule has 180 valence electrons. The summed E-state index contributed by atoms with van der Waals surface area (Å²) in [5.41, 5.74) is 2.01. The predicted octanol–water partition coefficient (Wildman–Crippen LogP) is 4.65. The second-order valence-corrected chi connectivity index (χ2v) is 9.70. The Hall–Kier alpha value is -3.22. The number of halogens is 2. The van der Waals surface area contributed by atoms with Crippen molar-refractivity contribution in [3.05, 3.63) is 106 Å². The van der Waals surface area contributed by atoms with Crippen LogP contribution in [0, 0.1) is 5.82 Å². The lowest BCUT2D eigenvalue weighted by atomic mass is 9.94. The zero-order chi connectivity index (χ0) is 24.4. The highest BCUT2D eigenvalue weighted by Crippen LogP contribution is 2.35. The van der Waals surface area contributed by atoms with Crippen molar-refractivity contribution in [2.24, 2.45) is 0 Å². The van der Waals surface area contributed by atoms with Crippen LogP contribution in [0.3, 0.4) is 0 Å². The van der Waals surface area contributed by atoms with E-state index >= 15 is 0 Å². The van der Waals surface area contributed by atoms with Gasteiger partial charge in [-0.25, -0.2) is 4.39 Å². The number of piperidine rings is 1. The van der Waals surface area contributed by atoms with Crippen LogP contribution in [0.1, 0.15) is 34.3 Å². The van der Waals surface area contributed by atoms with Crippen LogP contribution in [0.25, 0.3) is 0 Å². The number of rotatable bonds is 5. The van der Waals surface area contributed by atoms with Crippen molar-refractivity contribution < 1.29 is 14.0 Å². The van der Waals surface area contributed by atoms with E-state index < -0.39 is 5.66 Å². The minimum Gasteiger partial charge on any atom is -0.338 e. The van der Waals surface area contributed by atoms with E-state index in [0.29, 0.717) is 49.5 Å². The molecule has 1 atom stereocenters. The molecular weight excluding hydrogens is 465 g/mol. The van der Waals surface area contributed by atoms with Crippen LogP contribution in [0.2, 0.25) is 5.02 Å². The molecule has 7 heteroatoms. The number of hydrogen-bond acceptors (Lipinski definition) is 3. The molecule has 2 amide bonds. The Balaban J connectivity index is 1.36. The van der Waals surface area contributed by atoms with E-state index in [2.05, 4.69) is 5.32 Å². The molecule has 2 aliphatic heterocycles. The van der Waals surface area contributed by atoms with E-state index in [4.69, 9.17) is 11.6 Å². The van der Waals surface area contributed by atoms with Crippen LogP contribution in [0.5, 0.6) is 0 Å². The van der Waals surface area contributed by atoms with Crippen LogP contribution >= 0.6 is 11.6 Å². The van der Waals surface area contributed by atoms with Crippen molar-refractivity contribution >= 4 is 23.4 Å². The Kier molecular flexibility index (Phi) is 6.58. The summed E-state index contributed by atoms with van der Waals surface area (Å²) in [7, 11) is 0. The number of nitrogens with zero attached hydrogens (tertiary/aromatic N) is 2. The SMILES string of the molecule is O=C(c1ccc(Cl)cc1)N1CCC2(CC1)N[C@@H](Cc1ccccc1)C(=O)N2Cc1ccc(F)cc1. The quantitative estimate of drug-likeness (QED) is 0.565. The van der Waals surface area contributed by atoms with Gasteiger partial charge in [0.1, 0.15) is 5.82 Å². The summed E-state index contributed by atoms with van der Waals surface area (Å²) in [5.74, 6) is -0.298. The molecule has 0 aromatic heterocycles. The van der Waals surface area contributed by atoms with Crippen molar-refractivity contribution in [3.63, 3.8) is 0 Å². The summed E-state index contributed by atoms with van der Waals surface area (Å²) in [6.07, 6.45) is 1.82. The third kappa shape index (κ3) is 4.95. The minimum absolute atomic E-state index is 0.0354. The lowest BCUT2D eigenvalue weighted by Crippen LogP contribution is -2.59. The molecule has 2 aliphatic rings. The molecule has 1 N–H and O–H groups in total. The first-order valence-electron chi connectivity index (χ1n) is 11.9. The van der Waals surface area contributed by atoms with Gasteiger partial charge in [0, 0.05) is 43.1 Å². The highest BCUT2D eigenvalue weighted by atomic mass is 35.5. The van der Waals surface area contributed by atoms with Gasteiger partial charge in [-0.15, -0.1) is 0 Å². The minimum atomic E-state index is -0.554. The van der Waals surface area contributed by atoms with Crippen molar-refractivity contribution in [2.75, 3.05) is 13.1 Å². The Morgan fingerprint density at radius 3 is 2.26 bits per heavy atom. The van der Waals surface area contributed by atoms with Crippen molar-refractivity contribution in [3.8, 4) is 0 Å². The lowest BCUT2D eigenvalue weighted by molar-refractivity contribution is -0.134. The van der Waals surface area contributed by atoms with Gasteiger partial charge in [-0.05, 0) is 53.9 Å². The first-order chi connectivity index (χ1) is 16.9. The van der Waals surface area contributed by atoms with Gasteiger partial charge in [0.15, 0.2) is 0 Å². The molecular formula is C28H27ClFN3O2. The second kappa shape index (κ2) is 9.80. The number of likely N-dealkylation sites (tertiary alicyclic amines) is 1. The summed E-state index contributed by atoms with van der Waals surface area (Å²) in [4.78, 5) is 30.4. The fourth-order valence-corrected chi connectivity index (χ4v) is 5.25. The number of carbonyl (C=O) groups is 2. The first-order valence-corrected chi connectivity index (χ1v) is 12.2. The maximum absolute atomic E-state index is 13.6. The molecule has 2 fully saturated rings. The summed E-state index contributed by atoms with van der Waals surface area (Å²) >= 11 is 5.97. The Bertz CT molecular complexity index is 1190. The van der Waals surface area contributed by atoms with Crippen LogP contribution in [-0.4, -0.2) is 46.4 Å². The van der Waals surface area contributed by atoms with Crippen LogP contribution in [-0.2, 0) is 17.8 Å². The fourth-order valence-electron chi connectivity index (χ4n) is 5.12. The Morgan fingerprint density at radius 2 is 1.60 bits per heavy atom. The van der Waals surface area contributed by atoms with Gasteiger partial charge in [-0.1, -0.05) is 54.1 Å². The molecule has 2 heterocycles. The highest BCUT2D eigenvalue weighted by Gasteiger charge is 2.51. The van der Waals surface area contributed by atoms with Gasteiger partial charge < -0.3 is 9.80 Å². The van der Waals surface area contributed by atoms with E-state index in [1.807, 2.05) is 40.1 Å². The number of hydrogen-bond donors (Lipinski definition) is 1. The van der Waals surface area contributed by atoms with Crippen molar-refractivity contribution in [1.82, 2.24) is 15.1 Å². The van der Waals surface area contributed by atoms with E-state index in [9.17, 15) is 14.0 Å². The van der Waals surface area contributed by atoms with E-state index in [0.717, 1.165) is 11.1 Å². The van der Waals surface area contributed by atoms with Gasteiger partial charge in [0.25, 0.3) is 5.91 Å². The molecule has 5 rings (SSSR count). The summed E-state index contributed by atoms with van der Waals surface area (Å²) in [5, 5.41) is 4.23. The summed E-state index contributed by atoms with van der Waals surface area (Å²) in [6, 6.07) is 22.8. The van der Waals surface area contributed by atoms with Crippen molar-refractivity contribution in [1.29, 1.82) is 0 Å². The topological polar surface area (TPSA) is 52.7 Å². The molecule has 3 aromatic carbocycles. The third-order valence-electron chi connectivity index (χ3n) is 7.03. The van der Waals surface area contributed by atoms with E-state index in [-0.39, 0.29) is 23.7 Å². The van der Waals surface area contributed by atoms with E-state index in [1.54, 1.807) is 36.4 Å². The third-order valence-corrected chi connectivity index (χ3v) is 7.28. The number of amides is 2. The molecule has 0 saturated carbocycles. The Labute approximate surface area is 209 Å². The summed E-state index contributed by atoms with van der Waals surface area (Å²) < 4.78 is 13.5. The smallest absolute Gasteiger partial charge is 0.253 e. The molecule has 5 nitrogen and oxygen atoms in total. The normalized spacial score (nSPS) is 19.4. The standard InChI is InChI=1S/C28H27ClFN3O2/c29-23-10-8-22(9-11-23)26(34)32-16-14-28(15-17-32)31-25(18-20-4-2-1-3-5-20)27(35)33(28)19-21-6-12-24(30)13-7-21/h1-13,25,31H,14-19H2/t25-/m0/s1. The molecule has 0 aliphatic carbocycles. The van der Waals surface area contributed by atoms with Gasteiger partial charge in [-0.3, -0.25) is 14.9 Å². The maximum Gasteiger partial charge on any atom is 0.253 e. The fraction of sp³-hybridized carbons (Fsp3) is 0.286. The average molecular weight is 492 g/mol. The molecule has 0 unspecified atom stereocenters. The Morgan fingerprint density at radius 1 is 0.943 bits per heavy atom. The lowest BCUT2D eigenvalue weighted by Gasteiger charge is -2.44. The van der Waals surface area contributed by atoms with E-state index in [1.165, 1.54) is 12.1 Å². The van der Waals surface area contributed by atoms with Crippen molar-refractivity contribution in [2.45, 2.75) is 37.5 Å². The molecule has 1 spiro atoms. The molecule has 0 radical (unpaired) electrons. The van der Waals surface area contributed by atoms with Gasteiger partial charge in [-0.2, -0.15) is 0 Å². The van der Waals surface area contributed by atoms with Gasteiger partial charge >= 0.3 is 0 Å². The largest absolute Gasteiger partial charge is 0.338 e. The second-order valence-electron chi connectivity index (χ2n) is 9.27. The van der Waals surface area contributed by atoms with Crippen LogP contribution in [0.15, 0.2) is 78.9 Å². The van der Waals surface area contributed by atoms with Gasteiger partial charge in [0.2, 0.25) is 5.91 Å². The first kappa shape index (κ1) is 23.5. The predicted molar refractivity (Wildman–Crippen MR) is 133 cm³/mol. The van der Waals surface area contributed by atoms with Crippen LogP contribution < -0.4 is 5.32 Å². The molecule has 35 heavy (non-hydrogen) atoms. The van der Waals surface area contributed by atoms with Crippen LogP contribution in [0.4, 0.5) is 4.39 Å². The maximum atomic E-state index is 13.6. The molecule has 3 aromatic rings. The zero-order valence-corrected chi connectivity index (χ0v) is 20.0. The average Bonchev–Trinajstić information content (AvgIpc) is 3.11. The summed E-state index contributed by atoms with van der Waals surface area (Å²) in [6.45, 7) is 1.45. The molecule has 0 bridgehead atoms. The monoisotopic (exact) mass is 491 g/mol.